The number of carbonyl (C=O) groups excluding carboxylic acids is 4. The number of thioether (sulfide) groups is 2. The molecule has 0 atom stereocenters. The van der Waals surface area contributed by atoms with Crippen LogP contribution in [0.25, 0.3) is 0 Å². The van der Waals surface area contributed by atoms with E-state index < -0.39 is 0 Å². The summed E-state index contributed by atoms with van der Waals surface area (Å²) in [6.45, 7) is 0.952. The van der Waals surface area contributed by atoms with Crippen LogP contribution in [0.3, 0.4) is 0 Å². The van der Waals surface area contributed by atoms with E-state index in [-0.39, 0.29) is 10.2 Å². The van der Waals surface area contributed by atoms with Crippen LogP contribution < -0.4 is 0 Å². The molecule has 0 saturated carbocycles. The predicted molar refractivity (Wildman–Crippen MR) is 224 cm³/mol. The van der Waals surface area contributed by atoms with Gasteiger partial charge in [-0.25, -0.2) is 0 Å². The molecule has 0 aliphatic carbocycles. The molecule has 0 aromatic heterocycles. The first-order valence-electron chi connectivity index (χ1n) is 19.0. The lowest BCUT2D eigenvalue weighted by atomic mass is 10.0. The van der Waals surface area contributed by atoms with Crippen molar-refractivity contribution in [2.75, 3.05) is 0 Å². The molecule has 0 unspecified atom stereocenters. The highest BCUT2D eigenvalue weighted by atomic mass is 32.2. The van der Waals surface area contributed by atoms with Crippen molar-refractivity contribution in [1.29, 1.82) is 0 Å². The number of carbonyl (C=O) groups is 4. The van der Waals surface area contributed by atoms with Crippen LogP contribution >= 0.6 is 23.5 Å². The Bertz CT molecular complexity index is 1620. The number of allylic oxidation sites excluding steroid dienone is 2. The molecule has 0 radical (unpaired) electrons. The molecule has 54 heavy (non-hydrogen) atoms. The van der Waals surface area contributed by atoms with Gasteiger partial charge in [0.15, 0.2) is 0 Å². The van der Waals surface area contributed by atoms with Crippen LogP contribution in [0.1, 0.15) is 109 Å². The summed E-state index contributed by atoms with van der Waals surface area (Å²) in [6.07, 6.45) is 14.3. The van der Waals surface area contributed by atoms with Crippen LogP contribution in [0.15, 0.2) is 144 Å². The van der Waals surface area contributed by atoms with Gasteiger partial charge in [0.2, 0.25) is 23.1 Å². The molecule has 0 aliphatic rings. The zero-order valence-corrected chi connectivity index (χ0v) is 32.7. The number of nitrogens with zero attached hydrogens (tertiary/aromatic N) is 2. The maximum absolute atomic E-state index is 12.8. The molecule has 0 bridgehead atoms. The van der Waals surface area contributed by atoms with E-state index in [9.17, 15) is 19.2 Å². The van der Waals surface area contributed by atoms with Crippen LogP contribution in [0.2, 0.25) is 0 Å². The third kappa shape index (κ3) is 15.7. The van der Waals surface area contributed by atoms with Crippen molar-refractivity contribution in [3.63, 3.8) is 0 Å². The standard InChI is InChI=1S/C46H52N2O4S2/c49-37-47(33-39-23-13-9-14-24-39)43(35-53-45(51)41-27-17-11-18-28-41)31-21-7-5-3-1-2-4-6-8-22-32-44(36-54-46(52)42-29-19-12-20-30-42)48(38-50)34-40-25-15-10-16-26-40/h9-20,23-30,35-38H,1-8,21-22,31-34H2/b43-35-,44-36-. The Hall–Kier alpha value is -4.66. The Balaban J connectivity index is 1.16. The largest absolute Gasteiger partial charge is 0.314 e. The van der Waals surface area contributed by atoms with Crippen LogP contribution in [-0.4, -0.2) is 32.9 Å². The first-order valence-corrected chi connectivity index (χ1v) is 20.7. The minimum absolute atomic E-state index is 0.0316. The molecule has 282 valence electrons. The number of hydrogen-bond acceptors (Lipinski definition) is 6. The fourth-order valence-corrected chi connectivity index (χ4v) is 7.60. The van der Waals surface area contributed by atoms with E-state index in [1.807, 2.05) is 132 Å². The minimum Gasteiger partial charge on any atom is -0.314 e. The van der Waals surface area contributed by atoms with Gasteiger partial charge in [-0.15, -0.1) is 0 Å². The first-order chi connectivity index (χ1) is 26.6. The quantitative estimate of drug-likeness (QED) is 0.0495. The number of benzene rings is 4. The molecule has 0 N–H and O–H groups in total. The molecular weight excluding hydrogens is 709 g/mol. The van der Waals surface area contributed by atoms with Gasteiger partial charge in [-0.05, 0) is 47.6 Å². The lowest BCUT2D eigenvalue weighted by Crippen LogP contribution is -2.21. The first kappa shape index (κ1) is 42.1. The Kier molecular flexibility index (Phi) is 19.8. The average Bonchev–Trinajstić information content (AvgIpc) is 3.23. The van der Waals surface area contributed by atoms with Crippen molar-refractivity contribution in [3.8, 4) is 0 Å². The molecule has 0 heterocycles. The molecule has 8 heteroatoms. The predicted octanol–water partition coefficient (Wildman–Crippen LogP) is 11.8. The third-order valence-electron chi connectivity index (χ3n) is 9.12. The van der Waals surface area contributed by atoms with Gasteiger partial charge in [0.05, 0.1) is 13.1 Å². The van der Waals surface area contributed by atoms with Crippen LogP contribution in [0.5, 0.6) is 0 Å². The Morgan fingerprint density at radius 2 is 0.722 bits per heavy atom. The zero-order valence-electron chi connectivity index (χ0n) is 31.1. The molecule has 4 aromatic carbocycles. The zero-order chi connectivity index (χ0) is 38.1. The van der Waals surface area contributed by atoms with Gasteiger partial charge in [-0.1, -0.05) is 196 Å². The van der Waals surface area contributed by atoms with Crippen molar-refractivity contribution in [2.45, 2.75) is 90.1 Å². The second-order valence-electron chi connectivity index (χ2n) is 13.2. The van der Waals surface area contributed by atoms with Gasteiger partial charge < -0.3 is 9.80 Å². The van der Waals surface area contributed by atoms with Gasteiger partial charge in [-0.2, -0.15) is 0 Å². The van der Waals surface area contributed by atoms with Crippen molar-refractivity contribution < 1.29 is 19.2 Å². The summed E-state index contributed by atoms with van der Waals surface area (Å²) in [5.74, 6) is 0. The SMILES string of the molecule is O=CN(Cc1ccccc1)/C(=C\SC(=O)c1ccccc1)CCCCCCCCCCCC/C(=C/SC(=O)c1ccccc1)N(C=O)Cc1ccccc1. The van der Waals surface area contributed by atoms with Gasteiger partial charge in [0.1, 0.15) is 0 Å². The van der Waals surface area contributed by atoms with E-state index in [4.69, 9.17) is 0 Å². The minimum atomic E-state index is -0.0316. The number of hydrogen-bond donors (Lipinski definition) is 0. The van der Waals surface area contributed by atoms with Gasteiger partial charge in [-0.3, -0.25) is 19.2 Å². The van der Waals surface area contributed by atoms with Crippen molar-refractivity contribution in [3.05, 3.63) is 166 Å². The van der Waals surface area contributed by atoms with E-state index in [0.717, 1.165) is 110 Å². The van der Waals surface area contributed by atoms with Crippen LogP contribution in [0.4, 0.5) is 0 Å². The van der Waals surface area contributed by atoms with Crippen LogP contribution in [0, 0.1) is 0 Å². The van der Waals surface area contributed by atoms with Crippen molar-refractivity contribution in [1.82, 2.24) is 9.80 Å². The van der Waals surface area contributed by atoms with E-state index in [2.05, 4.69) is 0 Å². The number of rotatable bonds is 25. The second-order valence-corrected chi connectivity index (χ2v) is 14.9. The Morgan fingerprint density at radius 1 is 0.426 bits per heavy atom. The number of unbranched alkanes of at least 4 members (excludes halogenated alkanes) is 9. The molecular formula is C46H52N2O4S2. The number of amides is 2. The molecule has 0 aliphatic heterocycles. The van der Waals surface area contributed by atoms with E-state index in [0.29, 0.717) is 24.2 Å². The summed E-state index contributed by atoms with van der Waals surface area (Å²) >= 11 is 2.29. The third-order valence-corrected chi connectivity index (χ3v) is 10.8. The Morgan fingerprint density at radius 3 is 1.04 bits per heavy atom. The summed E-state index contributed by atoms with van der Waals surface area (Å²) in [5.41, 5.74) is 5.14. The summed E-state index contributed by atoms with van der Waals surface area (Å²) in [5, 5.41) is 3.65. The molecule has 6 nitrogen and oxygen atoms in total. The fourth-order valence-electron chi connectivity index (χ4n) is 6.07. The smallest absolute Gasteiger partial charge is 0.223 e. The molecule has 4 rings (SSSR count). The summed E-state index contributed by atoms with van der Waals surface area (Å²) in [7, 11) is 0. The summed E-state index contributed by atoms with van der Waals surface area (Å²) < 4.78 is 0. The fraction of sp³-hybridized carbons (Fsp3) is 0.304. The van der Waals surface area contributed by atoms with Gasteiger partial charge >= 0.3 is 0 Å². The van der Waals surface area contributed by atoms with Gasteiger partial charge in [0.25, 0.3) is 0 Å². The van der Waals surface area contributed by atoms with E-state index in [1.54, 1.807) is 9.80 Å². The monoisotopic (exact) mass is 760 g/mol. The summed E-state index contributed by atoms with van der Waals surface area (Å²) in [6, 6.07) is 38.3. The highest BCUT2D eigenvalue weighted by molar-refractivity contribution is 8.16. The van der Waals surface area contributed by atoms with Gasteiger partial charge in [0, 0.05) is 22.5 Å². The molecule has 0 saturated heterocycles. The van der Waals surface area contributed by atoms with E-state index in [1.165, 1.54) is 25.7 Å². The van der Waals surface area contributed by atoms with E-state index >= 15 is 0 Å². The normalized spacial score (nSPS) is 11.6. The highest BCUT2D eigenvalue weighted by Gasteiger charge is 2.14. The molecule has 2 amide bonds. The molecule has 0 spiro atoms. The summed E-state index contributed by atoms with van der Waals surface area (Å²) in [4.78, 5) is 53.4. The maximum Gasteiger partial charge on any atom is 0.223 e. The molecule has 0 fully saturated rings. The average molecular weight is 761 g/mol. The van der Waals surface area contributed by atoms with Crippen molar-refractivity contribution in [2.24, 2.45) is 0 Å². The second kappa shape index (κ2) is 25.4. The molecule has 4 aromatic rings. The van der Waals surface area contributed by atoms with Crippen LogP contribution in [-0.2, 0) is 22.7 Å². The van der Waals surface area contributed by atoms with Crippen molar-refractivity contribution >= 4 is 46.6 Å². The maximum atomic E-state index is 12.8. The topological polar surface area (TPSA) is 74.8 Å². The Labute approximate surface area is 330 Å². The highest BCUT2D eigenvalue weighted by Crippen LogP contribution is 2.25. The lowest BCUT2D eigenvalue weighted by Gasteiger charge is -2.21. The lowest BCUT2D eigenvalue weighted by molar-refractivity contribution is -0.117.